The van der Waals surface area contributed by atoms with Crippen LogP contribution in [-0.4, -0.2) is 37.6 Å². The van der Waals surface area contributed by atoms with Crippen molar-refractivity contribution in [3.63, 3.8) is 0 Å². The number of anilines is 1. The van der Waals surface area contributed by atoms with Gasteiger partial charge in [-0.2, -0.15) is 0 Å². The normalized spacial score (nSPS) is 24.6. The molecule has 1 aromatic carbocycles. The Kier molecular flexibility index (Phi) is 5.91. The second-order valence-electron chi connectivity index (χ2n) is 7.02. The number of amides is 2. The van der Waals surface area contributed by atoms with E-state index >= 15 is 0 Å². The highest BCUT2D eigenvalue weighted by Gasteiger charge is 2.34. The molecule has 2 aliphatic heterocycles. The quantitative estimate of drug-likeness (QED) is 0.707. The van der Waals surface area contributed by atoms with Crippen LogP contribution in [0.1, 0.15) is 38.5 Å². The zero-order valence-corrected chi connectivity index (χ0v) is 14.7. The molecule has 2 atom stereocenters. The van der Waals surface area contributed by atoms with Gasteiger partial charge in [0.1, 0.15) is 5.75 Å². The lowest BCUT2D eigenvalue weighted by Gasteiger charge is -2.28. The second kappa shape index (κ2) is 8.34. The number of ether oxygens (including phenoxy) is 1. The first-order chi connectivity index (χ1) is 12.1. The summed E-state index contributed by atoms with van der Waals surface area (Å²) in [5, 5.41) is 9.13. The summed E-state index contributed by atoms with van der Waals surface area (Å²) in [4.78, 5) is 23.4. The first-order valence-electron chi connectivity index (χ1n) is 9.11. The lowest BCUT2D eigenvalue weighted by atomic mass is 9.89. The fourth-order valence-electron chi connectivity index (χ4n) is 3.84. The van der Waals surface area contributed by atoms with Gasteiger partial charge in [0.05, 0.1) is 13.0 Å². The fourth-order valence-corrected chi connectivity index (χ4v) is 3.84. The molecule has 3 rings (SSSR count). The van der Waals surface area contributed by atoms with Crippen LogP contribution in [0, 0.1) is 5.92 Å². The Hall–Kier alpha value is -2.08. The molecule has 0 aliphatic carbocycles. The van der Waals surface area contributed by atoms with Crippen molar-refractivity contribution < 1.29 is 14.3 Å². The molecule has 2 unspecified atom stereocenters. The Balaban J connectivity index is 1.41. The maximum atomic E-state index is 12.3. The lowest BCUT2D eigenvalue weighted by Crippen LogP contribution is -2.39. The molecule has 2 heterocycles. The molecule has 2 amide bonds. The third kappa shape index (κ3) is 5.19. The van der Waals surface area contributed by atoms with E-state index in [9.17, 15) is 9.59 Å². The third-order valence-electron chi connectivity index (χ3n) is 5.06. The van der Waals surface area contributed by atoms with Crippen molar-refractivity contribution in [1.29, 1.82) is 0 Å². The highest BCUT2D eigenvalue weighted by atomic mass is 16.5. The molecule has 2 bridgehead atoms. The molecule has 2 fully saturated rings. The number of carbonyl (C=O) groups is 2. The summed E-state index contributed by atoms with van der Waals surface area (Å²) in [5.41, 5.74) is 0.778. The Bertz CT molecular complexity index is 590. The summed E-state index contributed by atoms with van der Waals surface area (Å²) < 4.78 is 5.51. The summed E-state index contributed by atoms with van der Waals surface area (Å²) >= 11 is 0. The summed E-state index contributed by atoms with van der Waals surface area (Å²) in [5.74, 6) is 1.22. The van der Waals surface area contributed by atoms with Crippen molar-refractivity contribution in [3.8, 4) is 5.75 Å². The van der Waals surface area contributed by atoms with Crippen LogP contribution in [0.3, 0.4) is 0 Å². The standard InChI is InChI=1S/C19H27N3O3/c1-20-18(23)8-9-25-17-6-4-14(5-7-17)22-19(24)12-13-10-15-2-3-16(11-13)21-15/h4-7,13,15-16,21H,2-3,8-12H2,1H3,(H,20,23)(H,22,24). The largest absolute Gasteiger partial charge is 0.493 e. The average molecular weight is 345 g/mol. The van der Waals surface area contributed by atoms with Crippen LogP contribution in [-0.2, 0) is 9.59 Å². The van der Waals surface area contributed by atoms with Crippen LogP contribution in [0.2, 0.25) is 0 Å². The van der Waals surface area contributed by atoms with Crippen molar-refractivity contribution in [3.05, 3.63) is 24.3 Å². The molecule has 0 saturated carbocycles. The molecule has 0 aromatic heterocycles. The Morgan fingerprint density at radius 3 is 2.44 bits per heavy atom. The van der Waals surface area contributed by atoms with Gasteiger partial charge in [0.15, 0.2) is 0 Å². The van der Waals surface area contributed by atoms with Gasteiger partial charge in [-0.3, -0.25) is 9.59 Å². The summed E-state index contributed by atoms with van der Waals surface area (Å²) in [6.45, 7) is 0.337. The Morgan fingerprint density at radius 2 is 1.80 bits per heavy atom. The molecule has 25 heavy (non-hydrogen) atoms. The predicted molar refractivity (Wildman–Crippen MR) is 96.5 cm³/mol. The molecule has 2 saturated heterocycles. The first kappa shape index (κ1) is 17.7. The molecule has 136 valence electrons. The maximum absolute atomic E-state index is 12.3. The molecule has 0 radical (unpaired) electrons. The van der Waals surface area contributed by atoms with Crippen molar-refractivity contribution in [2.75, 3.05) is 19.0 Å². The number of piperidine rings is 1. The number of rotatable bonds is 7. The van der Waals surface area contributed by atoms with Gasteiger partial charge < -0.3 is 20.7 Å². The van der Waals surface area contributed by atoms with Gasteiger partial charge in [-0.1, -0.05) is 0 Å². The van der Waals surface area contributed by atoms with Gasteiger partial charge in [0, 0.05) is 31.2 Å². The van der Waals surface area contributed by atoms with Gasteiger partial charge in [-0.25, -0.2) is 0 Å². The number of nitrogens with one attached hydrogen (secondary N) is 3. The van der Waals surface area contributed by atoms with Crippen LogP contribution in [0.25, 0.3) is 0 Å². The number of hydrogen-bond acceptors (Lipinski definition) is 4. The van der Waals surface area contributed by atoms with Gasteiger partial charge >= 0.3 is 0 Å². The van der Waals surface area contributed by atoms with E-state index in [1.807, 2.05) is 24.3 Å². The molecule has 0 spiro atoms. The lowest BCUT2D eigenvalue weighted by molar-refractivity contribution is -0.121. The van der Waals surface area contributed by atoms with E-state index < -0.39 is 0 Å². The number of carbonyl (C=O) groups excluding carboxylic acids is 2. The van der Waals surface area contributed by atoms with Gasteiger partial charge in [-0.15, -0.1) is 0 Å². The highest BCUT2D eigenvalue weighted by molar-refractivity contribution is 5.90. The zero-order chi connectivity index (χ0) is 17.6. The third-order valence-corrected chi connectivity index (χ3v) is 5.06. The van der Waals surface area contributed by atoms with Crippen molar-refractivity contribution >= 4 is 17.5 Å². The number of hydrogen-bond donors (Lipinski definition) is 3. The Labute approximate surface area is 148 Å². The minimum atomic E-state index is -0.0461. The first-order valence-corrected chi connectivity index (χ1v) is 9.11. The molecule has 2 aliphatic rings. The predicted octanol–water partition coefficient (Wildman–Crippen LogP) is 2.06. The number of fused-ring (bicyclic) bond motifs is 2. The molecular weight excluding hydrogens is 318 g/mol. The van der Waals surface area contributed by atoms with Crippen molar-refractivity contribution in [2.45, 2.75) is 50.6 Å². The van der Waals surface area contributed by atoms with Crippen molar-refractivity contribution in [1.82, 2.24) is 10.6 Å². The van der Waals surface area contributed by atoms with Crippen LogP contribution >= 0.6 is 0 Å². The Morgan fingerprint density at radius 1 is 1.12 bits per heavy atom. The van der Waals surface area contributed by atoms with E-state index in [1.165, 1.54) is 12.8 Å². The van der Waals surface area contributed by atoms with Crippen LogP contribution in [0.5, 0.6) is 5.75 Å². The van der Waals surface area contributed by atoms with E-state index in [1.54, 1.807) is 7.05 Å². The maximum Gasteiger partial charge on any atom is 0.224 e. The van der Waals surface area contributed by atoms with Gasteiger partial charge in [0.25, 0.3) is 0 Å². The minimum absolute atomic E-state index is 0.0461. The highest BCUT2D eigenvalue weighted by Crippen LogP contribution is 2.32. The van der Waals surface area contributed by atoms with E-state index in [4.69, 9.17) is 4.74 Å². The molecule has 3 N–H and O–H groups in total. The second-order valence-corrected chi connectivity index (χ2v) is 7.02. The van der Waals surface area contributed by atoms with E-state index in [0.29, 0.717) is 43.2 Å². The topological polar surface area (TPSA) is 79.5 Å². The zero-order valence-electron chi connectivity index (χ0n) is 14.7. The summed E-state index contributed by atoms with van der Waals surface area (Å²) in [7, 11) is 1.61. The summed E-state index contributed by atoms with van der Waals surface area (Å²) in [6, 6.07) is 8.51. The SMILES string of the molecule is CNC(=O)CCOc1ccc(NC(=O)CC2CC3CCC(C2)N3)cc1. The average Bonchev–Trinajstić information content (AvgIpc) is 2.94. The van der Waals surface area contributed by atoms with Crippen LogP contribution < -0.4 is 20.7 Å². The molecule has 1 aromatic rings. The molecule has 6 nitrogen and oxygen atoms in total. The van der Waals surface area contributed by atoms with Crippen molar-refractivity contribution in [2.24, 2.45) is 5.92 Å². The van der Waals surface area contributed by atoms with Crippen LogP contribution in [0.15, 0.2) is 24.3 Å². The minimum Gasteiger partial charge on any atom is -0.493 e. The van der Waals surface area contributed by atoms with Gasteiger partial charge in [0.2, 0.25) is 11.8 Å². The van der Waals surface area contributed by atoms with E-state index in [0.717, 1.165) is 18.5 Å². The van der Waals surface area contributed by atoms with E-state index in [2.05, 4.69) is 16.0 Å². The van der Waals surface area contributed by atoms with E-state index in [-0.39, 0.29) is 11.8 Å². The summed E-state index contributed by atoms with van der Waals surface area (Å²) in [6.07, 6.45) is 5.66. The molecular formula is C19H27N3O3. The smallest absolute Gasteiger partial charge is 0.224 e. The monoisotopic (exact) mass is 345 g/mol. The van der Waals surface area contributed by atoms with Gasteiger partial charge in [-0.05, 0) is 55.9 Å². The number of benzene rings is 1. The van der Waals surface area contributed by atoms with Crippen LogP contribution in [0.4, 0.5) is 5.69 Å². The molecule has 6 heteroatoms. The fraction of sp³-hybridized carbons (Fsp3) is 0.579.